The highest BCUT2D eigenvalue weighted by atomic mass is 16.4. The maximum atomic E-state index is 12.7. The lowest BCUT2D eigenvalue weighted by molar-refractivity contribution is -0.119. The molecule has 142 valence electrons. The Morgan fingerprint density at radius 3 is 2.71 bits per heavy atom. The molecule has 4 rings (SSSR count). The number of nitrogens with zero attached hydrogens (tertiary/aromatic N) is 1. The number of hydrogen-bond acceptors (Lipinski definition) is 4. The van der Waals surface area contributed by atoms with Gasteiger partial charge in [-0.15, -0.1) is 0 Å². The highest BCUT2D eigenvalue weighted by molar-refractivity contribution is 6.06. The maximum absolute atomic E-state index is 12.7. The predicted octanol–water partition coefficient (Wildman–Crippen LogP) is 3.87. The van der Waals surface area contributed by atoms with Gasteiger partial charge in [-0.1, -0.05) is 24.3 Å². The van der Waals surface area contributed by atoms with Crippen molar-refractivity contribution >= 4 is 34.2 Å². The van der Waals surface area contributed by atoms with E-state index in [2.05, 4.69) is 5.32 Å². The third-order valence-electron chi connectivity index (χ3n) is 4.97. The Balaban J connectivity index is 1.63. The van der Waals surface area contributed by atoms with Crippen molar-refractivity contribution in [1.82, 2.24) is 0 Å². The minimum Gasteiger partial charge on any atom is -0.422 e. The van der Waals surface area contributed by atoms with Crippen molar-refractivity contribution in [2.75, 3.05) is 16.8 Å². The van der Waals surface area contributed by atoms with Gasteiger partial charge in [-0.05, 0) is 49.6 Å². The molecule has 3 aromatic rings. The molecule has 0 unspecified atom stereocenters. The Kier molecular flexibility index (Phi) is 4.69. The second-order valence-corrected chi connectivity index (χ2v) is 6.94. The number of nitrogens with one attached hydrogen (secondary N) is 1. The van der Waals surface area contributed by atoms with Crippen molar-refractivity contribution in [3.05, 3.63) is 70.1 Å². The largest absolute Gasteiger partial charge is 0.422 e. The first-order chi connectivity index (χ1) is 13.5. The Morgan fingerprint density at radius 1 is 1.07 bits per heavy atom. The zero-order chi connectivity index (χ0) is 19.7. The Hall–Kier alpha value is -3.41. The van der Waals surface area contributed by atoms with Crippen LogP contribution in [-0.2, 0) is 4.79 Å². The van der Waals surface area contributed by atoms with Crippen molar-refractivity contribution < 1.29 is 14.0 Å². The zero-order valence-corrected chi connectivity index (χ0v) is 15.5. The summed E-state index contributed by atoms with van der Waals surface area (Å²) >= 11 is 0. The fourth-order valence-corrected chi connectivity index (χ4v) is 3.46. The fraction of sp³-hybridized carbons (Fsp3) is 0.227. The second kappa shape index (κ2) is 7.31. The van der Waals surface area contributed by atoms with Crippen LogP contribution in [0.25, 0.3) is 11.0 Å². The van der Waals surface area contributed by atoms with E-state index in [-0.39, 0.29) is 11.5 Å². The first kappa shape index (κ1) is 18.0. The van der Waals surface area contributed by atoms with Gasteiger partial charge in [0.05, 0.1) is 0 Å². The zero-order valence-electron chi connectivity index (χ0n) is 15.5. The number of hydrogen-bond donors (Lipinski definition) is 1. The van der Waals surface area contributed by atoms with Gasteiger partial charge < -0.3 is 14.6 Å². The molecule has 0 atom stereocenters. The average molecular weight is 376 g/mol. The number of aryl methyl sites for hydroxylation is 1. The molecule has 6 heteroatoms. The molecule has 0 aliphatic carbocycles. The quantitative estimate of drug-likeness (QED) is 0.704. The lowest BCUT2D eigenvalue weighted by Gasteiger charge is -2.28. The van der Waals surface area contributed by atoms with Gasteiger partial charge in [0.1, 0.15) is 11.1 Å². The topological polar surface area (TPSA) is 79.6 Å². The van der Waals surface area contributed by atoms with Crippen LogP contribution >= 0.6 is 0 Å². The summed E-state index contributed by atoms with van der Waals surface area (Å²) in [5, 5.41) is 3.43. The van der Waals surface area contributed by atoms with Gasteiger partial charge in [0.25, 0.3) is 5.91 Å². The molecule has 1 fully saturated rings. The molecule has 28 heavy (non-hydrogen) atoms. The van der Waals surface area contributed by atoms with E-state index in [0.29, 0.717) is 29.6 Å². The van der Waals surface area contributed by atoms with E-state index in [1.807, 2.05) is 19.1 Å². The minimum atomic E-state index is -0.685. The van der Waals surface area contributed by atoms with E-state index in [1.165, 1.54) is 6.07 Å². The highest BCUT2D eigenvalue weighted by Crippen LogP contribution is 2.28. The number of anilines is 2. The molecule has 0 spiro atoms. The van der Waals surface area contributed by atoms with Gasteiger partial charge in [-0.2, -0.15) is 0 Å². The Bertz CT molecular complexity index is 1130. The smallest absolute Gasteiger partial charge is 0.349 e. The van der Waals surface area contributed by atoms with Crippen LogP contribution in [0.5, 0.6) is 0 Å². The summed E-state index contributed by atoms with van der Waals surface area (Å²) in [6.07, 6.45) is 2.40. The molecule has 1 saturated heterocycles. The first-order valence-electron chi connectivity index (χ1n) is 9.28. The van der Waals surface area contributed by atoms with Gasteiger partial charge in [-0.3, -0.25) is 9.59 Å². The molecule has 0 bridgehead atoms. The third kappa shape index (κ3) is 3.41. The summed E-state index contributed by atoms with van der Waals surface area (Å²) in [4.78, 5) is 38.9. The van der Waals surface area contributed by atoms with E-state index in [9.17, 15) is 14.4 Å². The van der Waals surface area contributed by atoms with Crippen molar-refractivity contribution in [2.24, 2.45) is 0 Å². The van der Waals surface area contributed by atoms with E-state index in [4.69, 9.17) is 4.42 Å². The molecule has 1 N–H and O–H groups in total. The minimum absolute atomic E-state index is 0.0603. The van der Waals surface area contributed by atoms with E-state index in [1.54, 1.807) is 35.2 Å². The number of fused-ring (bicyclic) bond motifs is 1. The van der Waals surface area contributed by atoms with Crippen molar-refractivity contribution in [3.8, 4) is 0 Å². The molecule has 2 aromatic carbocycles. The maximum Gasteiger partial charge on any atom is 0.349 e. The molecule has 2 amide bonds. The van der Waals surface area contributed by atoms with Crippen molar-refractivity contribution in [3.63, 3.8) is 0 Å². The number of piperidine rings is 1. The molecular weight excluding hydrogens is 356 g/mol. The van der Waals surface area contributed by atoms with E-state index in [0.717, 1.165) is 24.1 Å². The summed E-state index contributed by atoms with van der Waals surface area (Å²) < 4.78 is 5.23. The number of rotatable bonds is 3. The predicted molar refractivity (Wildman–Crippen MR) is 108 cm³/mol. The van der Waals surface area contributed by atoms with Gasteiger partial charge in [-0.25, -0.2) is 4.79 Å². The molecule has 1 aliphatic rings. The van der Waals surface area contributed by atoms with Crippen LogP contribution in [0, 0.1) is 6.92 Å². The number of carbonyl (C=O) groups excluding carboxylic acids is 2. The van der Waals surface area contributed by atoms with E-state index < -0.39 is 11.5 Å². The van der Waals surface area contributed by atoms with Crippen LogP contribution in [-0.4, -0.2) is 18.4 Å². The molecule has 2 heterocycles. The number of para-hydroxylation sites is 1. The number of amides is 2. The Labute approximate surface area is 161 Å². The molecule has 0 radical (unpaired) electrons. The molecule has 6 nitrogen and oxygen atoms in total. The summed E-state index contributed by atoms with van der Waals surface area (Å²) in [6.45, 7) is 2.60. The number of benzene rings is 2. The average Bonchev–Trinajstić information content (AvgIpc) is 2.69. The number of carbonyl (C=O) groups is 2. The standard InChI is InChI=1S/C22H20N2O4/c1-14-9-10-16(13-18(14)24-11-5-4-8-20(24)25)23-21(26)17-12-15-6-2-3-7-19(15)28-22(17)27/h2-3,6-7,9-10,12-13H,4-5,8,11H2,1H3,(H,23,26). The fourth-order valence-electron chi connectivity index (χ4n) is 3.46. The van der Waals surface area contributed by atoms with Gasteiger partial charge in [0, 0.05) is 29.7 Å². The highest BCUT2D eigenvalue weighted by Gasteiger charge is 2.22. The van der Waals surface area contributed by atoms with Crippen LogP contribution in [0.1, 0.15) is 35.2 Å². The van der Waals surface area contributed by atoms with Crippen LogP contribution in [0.3, 0.4) is 0 Å². The first-order valence-corrected chi connectivity index (χ1v) is 9.28. The lowest BCUT2D eigenvalue weighted by atomic mass is 10.1. The summed E-state index contributed by atoms with van der Waals surface area (Å²) in [7, 11) is 0. The monoisotopic (exact) mass is 376 g/mol. The lowest BCUT2D eigenvalue weighted by Crippen LogP contribution is -2.35. The van der Waals surface area contributed by atoms with Gasteiger partial charge >= 0.3 is 5.63 Å². The van der Waals surface area contributed by atoms with Crippen LogP contribution in [0.15, 0.2) is 57.7 Å². The van der Waals surface area contributed by atoms with Gasteiger partial charge in [0.15, 0.2) is 0 Å². The second-order valence-electron chi connectivity index (χ2n) is 6.94. The summed E-state index contributed by atoms with van der Waals surface area (Å²) in [5.74, 6) is -0.452. The van der Waals surface area contributed by atoms with Crippen LogP contribution in [0.2, 0.25) is 0 Å². The SMILES string of the molecule is Cc1ccc(NC(=O)c2cc3ccccc3oc2=O)cc1N1CCCCC1=O. The summed E-state index contributed by atoms with van der Waals surface area (Å²) in [5.41, 5.74) is 1.96. The van der Waals surface area contributed by atoms with Crippen LogP contribution in [0.4, 0.5) is 11.4 Å². The summed E-state index contributed by atoms with van der Waals surface area (Å²) in [6, 6.07) is 14.0. The van der Waals surface area contributed by atoms with Gasteiger partial charge in [0.2, 0.25) is 5.91 Å². The van der Waals surface area contributed by atoms with Crippen molar-refractivity contribution in [2.45, 2.75) is 26.2 Å². The van der Waals surface area contributed by atoms with E-state index >= 15 is 0 Å². The Morgan fingerprint density at radius 2 is 1.89 bits per heavy atom. The van der Waals surface area contributed by atoms with Crippen LogP contribution < -0.4 is 15.8 Å². The third-order valence-corrected chi connectivity index (χ3v) is 4.97. The normalized spacial score (nSPS) is 14.3. The van der Waals surface area contributed by atoms with Crippen molar-refractivity contribution in [1.29, 1.82) is 0 Å². The molecule has 0 saturated carbocycles. The molecule has 1 aliphatic heterocycles. The molecular formula is C22H20N2O4. The molecule has 1 aromatic heterocycles.